The number of hydrogen-bond donors (Lipinski definition) is 1. The lowest BCUT2D eigenvalue weighted by Crippen LogP contribution is -2.27. The summed E-state index contributed by atoms with van der Waals surface area (Å²) in [6.07, 6.45) is 0.161. The first-order valence-corrected chi connectivity index (χ1v) is 5.49. The van der Waals surface area contributed by atoms with Crippen molar-refractivity contribution in [3.63, 3.8) is 0 Å². The van der Waals surface area contributed by atoms with Crippen molar-refractivity contribution in [2.45, 2.75) is 20.3 Å². The minimum atomic E-state index is -1.15. The Balaban J connectivity index is 2.76. The summed E-state index contributed by atoms with van der Waals surface area (Å²) in [5.74, 6) is -2.96. The zero-order valence-corrected chi connectivity index (χ0v) is 9.97. The third kappa shape index (κ3) is 3.90. The average molecular weight is 236 g/mol. The third-order valence-electron chi connectivity index (χ3n) is 2.43. The molecule has 17 heavy (non-hydrogen) atoms. The molecule has 92 valence electrons. The Morgan fingerprint density at radius 2 is 1.88 bits per heavy atom. The molecule has 0 heterocycles. The van der Waals surface area contributed by atoms with Crippen LogP contribution in [0.1, 0.15) is 18.1 Å². The monoisotopic (exact) mass is 236 g/mol. The molecular weight excluding hydrogens is 220 g/mol. The molecule has 0 aliphatic rings. The summed E-state index contributed by atoms with van der Waals surface area (Å²) in [6, 6.07) is 7.42. The predicted octanol–water partition coefficient (Wildman–Crippen LogP) is 1.80. The summed E-state index contributed by atoms with van der Waals surface area (Å²) < 4.78 is 4.74. The molecule has 0 saturated heterocycles. The van der Waals surface area contributed by atoms with Gasteiger partial charge in [0.15, 0.2) is 5.92 Å². The lowest BCUT2D eigenvalue weighted by Gasteiger charge is -2.11. The second kappa shape index (κ2) is 6.03. The molecule has 0 fully saturated rings. The van der Waals surface area contributed by atoms with Gasteiger partial charge in [0.25, 0.3) is 0 Å². The molecule has 1 aromatic rings. The molecule has 1 N–H and O–H groups in total. The van der Waals surface area contributed by atoms with Gasteiger partial charge >= 0.3 is 11.9 Å². The molecule has 0 spiro atoms. The van der Waals surface area contributed by atoms with Gasteiger partial charge in [-0.05, 0) is 25.8 Å². The Labute approximate surface area is 100 Å². The minimum Gasteiger partial charge on any atom is -0.481 e. The van der Waals surface area contributed by atoms with E-state index in [4.69, 9.17) is 9.84 Å². The Kier molecular flexibility index (Phi) is 4.69. The summed E-state index contributed by atoms with van der Waals surface area (Å²) in [7, 11) is 0. The van der Waals surface area contributed by atoms with E-state index in [2.05, 4.69) is 0 Å². The molecule has 0 aliphatic carbocycles. The smallest absolute Gasteiger partial charge is 0.320 e. The van der Waals surface area contributed by atoms with Gasteiger partial charge in [-0.2, -0.15) is 0 Å². The van der Waals surface area contributed by atoms with Crippen LogP contribution in [0.4, 0.5) is 0 Å². The second-order valence-electron chi connectivity index (χ2n) is 3.83. The van der Waals surface area contributed by atoms with Crippen LogP contribution in [-0.2, 0) is 20.7 Å². The second-order valence-corrected chi connectivity index (χ2v) is 3.83. The van der Waals surface area contributed by atoms with E-state index in [0.29, 0.717) is 0 Å². The number of aryl methyl sites for hydroxylation is 1. The Bertz CT molecular complexity index is 394. The largest absolute Gasteiger partial charge is 0.481 e. The van der Waals surface area contributed by atoms with Crippen molar-refractivity contribution in [3.8, 4) is 0 Å². The zero-order valence-electron chi connectivity index (χ0n) is 9.97. The van der Waals surface area contributed by atoms with Crippen molar-refractivity contribution >= 4 is 11.9 Å². The van der Waals surface area contributed by atoms with Crippen LogP contribution in [0.5, 0.6) is 0 Å². The van der Waals surface area contributed by atoms with Gasteiger partial charge in [-0.3, -0.25) is 9.59 Å². The molecule has 1 atom stereocenters. The van der Waals surface area contributed by atoms with Crippen LogP contribution in [0, 0.1) is 12.8 Å². The van der Waals surface area contributed by atoms with Gasteiger partial charge < -0.3 is 9.84 Å². The molecule has 4 heteroatoms. The van der Waals surface area contributed by atoms with Gasteiger partial charge in [0.1, 0.15) is 0 Å². The Morgan fingerprint density at radius 1 is 1.29 bits per heavy atom. The summed E-state index contributed by atoms with van der Waals surface area (Å²) >= 11 is 0. The molecule has 1 aromatic carbocycles. The van der Waals surface area contributed by atoms with Gasteiger partial charge in [-0.15, -0.1) is 0 Å². The first kappa shape index (κ1) is 13.2. The molecule has 0 aliphatic heterocycles. The fraction of sp³-hybridized carbons (Fsp3) is 0.385. The van der Waals surface area contributed by atoms with E-state index < -0.39 is 17.9 Å². The van der Waals surface area contributed by atoms with Gasteiger partial charge in [-0.25, -0.2) is 0 Å². The van der Waals surface area contributed by atoms with Crippen LogP contribution in [0.3, 0.4) is 0 Å². The van der Waals surface area contributed by atoms with Crippen molar-refractivity contribution in [2.24, 2.45) is 5.92 Å². The number of esters is 1. The maximum Gasteiger partial charge on any atom is 0.320 e. The number of benzene rings is 1. The number of rotatable bonds is 5. The lowest BCUT2D eigenvalue weighted by atomic mass is 9.99. The van der Waals surface area contributed by atoms with Crippen LogP contribution in [0.25, 0.3) is 0 Å². The number of carbonyl (C=O) groups excluding carboxylic acids is 1. The number of ether oxygens (including phenoxy) is 1. The van der Waals surface area contributed by atoms with E-state index in [9.17, 15) is 9.59 Å². The first-order chi connectivity index (χ1) is 8.04. The van der Waals surface area contributed by atoms with Crippen molar-refractivity contribution in [2.75, 3.05) is 6.61 Å². The van der Waals surface area contributed by atoms with E-state index in [1.54, 1.807) is 6.92 Å². The molecule has 0 radical (unpaired) electrons. The Morgan fingerprint density at radius 3 is 2.35 bits per heavy atom. The number of hydrogen-bond acceptors (Lipinski definition) is 3. The number of aliphatic carboxylic acids is 1. The molecule has 1 unspecified atom stereocenters. The summed E-state index contributed by atoms with van der Waals surface area (Å²) in [5, 5.41) is 8.99. The highest BCUT2D eigenvalue weighted by atomic mass is 16.5. The highest BCUT2D eigenvalue weighted by Gasteiger charge is 2.27. The third-order valence-corrected chi connectivity index (χ3v) is 2.43. The van der Waals surface area contributed by atoms with Crippen molar-refractivity contribution < 1.29 is 19.4 Å². The van der Waals surface area contributed by atoms with Crippen LogP contribution < -0.4 is 0 Å². The fourth-order valence-corrected chi connectivity index (χ4v) is 1.47. The maximum atomic E-state index is 11.5. The summed E-state index contributed by atoms with van der Waals surface area (Å²) in [6.45, 7) is 3.79. The van der Waals surface area contributed by atoms with Crippen molar-refractivity contribution in [1.82, 2.24) is 0 Å². The van der Waals surface area contributed by atoms with Crippen LogP contribution in [0.15, 0.2) is 24.3 Å². The van der Waals surface area contributed by atoms with Crippen LogP contribution >= 0.6 is 0 Å². The summed E-state index contributed by atoms with van der Waals surface area (Å²) in [4.78, 5) is 22.4. The lowest BCUT2D eigenvalue weighted by molar-refractivity contribution is -0.158. The predicted molar refractivity (Wildman–Crippen MR) is 62.6 cm³/mol. The molecule has 4 nitrogen and oxygen atoms in total. The normalized spacial score (nSPS) is 11.9. The maximum absolute atomic E-state index is 11.5. The quantitative estimate of drug-likeness (QED) is 0.625. The van der Waals surface area contributed by atoms with E-state index in [0.717, 1.165) is 11.1 Å². The van der Waals surface area contributed by atoms with E-state index in [1.807, 2.05) is 31.2 Å². The molecular formula is C13H16O4. The minimum absolute atomic E-state index is 0.161. The Hall–Kier alpha value is -1.84. The standard InChI is InChI=1S/C13H16O4/c1-3-17-13(16)11(12(14)15)8-10-6-4-9(2)5-7-10/h4-7,11H,3,8H2,1-2H3,(H,14,15). The molecule has 0 amide bonds. The van der Waals surface area contributed by atoms with E-state index >= 15 is 0 Å². The first-order valence-electron chi connectivity index (χ1n) is 5.49. The number of carboxylic acid groups (broad SMARTS) is 1. The average Bonchev–Trinajstić information content (AvgIpc) is 2.28. The molecule has 0 aromatic heterocycles. The SMILES string of the molecule is CCOC(=O)C(Cc1ccc(C)cc1)C(=O)O. The zero-order chi connectivity index (χ0) is 12.8. The highest BCUT2D eigenvalue weighted by Crippen LogP contribution is 2.12. The van der Waals surface area contributed by atoms with E-state index in [1.165, 1.54) is 0 Å². The number of carbonyl (C=O) groups is 2. The number of carboxylic acids is 1. The van der Waals surface area contributed by atoms with Gasteiger partial charge in [0.05, 0.1) is 6.61 Å². The highest BCUT2D eigenvalue weighted by molar-refractivity contribution is 5.94. The topological polar surface area (TPSA) is 63.6 Å². The van der Waals surface area contributed by atoms with Crippen molar-refractivity contribution in [1.29, 1.82) is 0 Å². The van der Waals surface area contributed by atoms with Gasteiger partial charge in [-0.1, -0.05) is 29.8 Å². The van der Waals surface area contributed by atoms with Crippen LogP contribution in [-0.4, -0.2) is 23.7 Å². The van der Waals surface area contributed by atoms with Gasteiger partial charge in [0, 0.05) is 0 Å². The molecule has 1 rings (SSSR count). The molecule has 0 saturated carbocycles. The van der Waals surface area contributed by atoms with Crippen LogP contribution in [0.2, 0.25) is 0 Å². The fourth-order valence-electron chi connectivity index (χ4n) is 1.47. The molecule has 0 bridgehead atoms. The van der Waals surface area contributed by atoms with E-state index in [-0.39, 0.29) is 13.0 Å². The summed E-state index contributed by atoms with van der Waals surface area (Å²) in [5.41, 5.74) is 1.91. The van der Waals surface area contributed by atoms with Crippen molar-refractivity contribution in [3.05, 3.63) is 35.4 Å². The van der Waals surface area contributed by atoms with Gasteiger partial charge in [0.2, 0.25) is 0 Å².